The van der Waals surface area contributed by atoms with Gasteiger partial charge >= 0.3 is 6.03 Å². The second-order valence-corrected chi connectivity index (χ2v) is 6.71. The molecule has 2 amide bonds. The van der Waals surface area contributed by atoms with Gasteiger partial charge in [-0.1, -0.05) is 13.0 Å². The molecule has 1 heterocycles. The number of hydrogen-bond acceptors (Lipinski definition) is 3. The largest absolute Gasteiger partial charge is 0.396 e. The summed E-state index contributed by atoms with van der Waals surface area (Å²) in [5.74, 6) is 0.0218. The molecule has 1 fully saturated rings. The highest BCUT2D eigenvalue weighted by Gasteiger charge is 2.23. The number of carbonyl (C=O) groups is 1. The Morgan fingerprint density at radius 1 is 1.50 bits per heavy atom. The van der Waals surface area contributed by atoms with Crippen LogP contribution in [0.15, 0.2) is 18.2 Å². The maximum atomic E-state index is 14.1. The van der Waals surface area contributed by atoms with Gasteiger partial charge in [-0.25, -0.2) is 9.18 Å². The number of piperidine rings is 1. The maximum Gasteiger partial charge on any atom is 0.315 e. The summed E-state index contributed by atoms with van der Waals surface area (Å²) in [6, 6.07) is 4.92. The molecule has 0 unspecified atom stereocenters. The highest BCUT2D eigenvalue weighted by atomic mass is 19.1. The van der Waals surface area contributed by atoms with Gasteiger partial charge < -0.3 is 20.6 Å². The van der Waals surface area contributed by atoms with Crippen LogP contribution >= 0.6 is 0 Å². The molecule has 24 heavy (non-hydrogen) atoms. The summed E-state index contributed by atoms with van der Waals surface area (Å²) >= 11 is 0. The van der Waals surface area contributed by atoms with E-state index in [1.807, 2.05) is 24.8 Å². The third-order valence-corrected chi connectivity index (χ3v) is 4.43. The number of nitrogens with one attached hydrogen (secondary N) is 2. The zero-order valence-corrected chi connectivity index (χ0v) is 14.5. The molecule has 0 radical (unpaired) electrons. The summed E-state index contributed by atoms with van der Waals surface area (Å²) in [7, 11) is 0. The Hall–Kier alpha value is -1.82. The van der Waals surface area contributed by atoms with E-state index in [9.17, 15) is 9.18 Å². The van der Waals surface area contributed by atoms with Crippen molar-refractivity contribution >= 4 is 11.7 Å². The number of carbonyl (C=O) groups excluding carboxylic acids is 1. The summed E-state index contributed by atoms with van der Waals surface area (Å²) in [4.78, 5) is 14.0. The molecular formula is C18H28FN3O2. The van der Waals surface area contributed by atoms with Crippen molar-refractivity contribution in [1.29, 1.82) is 0 Å². The first kappa shape index (κ1) is 18.5. The van der Waals surface area contributed by atoms with E-state index < -0.39 is 0 Å². The molecule has 0 saturated carbocycles. The Bertz CT molecular complexity index is 553. The minimum absolute atomic E-state index is 0.00631. The standard InChI is InChI=1S/C18H28FN3O2/c1-13-5-6-16(19)17(10-13)22-8-3-4-15(12-22)21-18(24)20-11-14(2)7-9-23/h5-6,10,14-15,23H,3-4,7-9,11-12H2,1-2H3,(H2,20,21,24)/t14-,15+/m1/s1. The van der Waals surface area contributed by atoms with Crippen LogP contribution in [0.5, 0.6) is 0 Å². The number of benzene rings is 1. The summed E-state index contributed by atoms with van der Waals surface area (Å²) < 4.78 is 14.1. The van der Waals surface area contributed by atoms with Crippen LogP contribution in [-0.4, -0.2) is 43.4 Å². The van der Waals surface area contributed by atoms with Crippen molar-refractivity contribution in [2.75, 3.05) is 31.1 Å². The smallest absolute Gasteiger partial charge is 0.315 e. The molecule has 134 valence electrons. The third-order valence-electron chi connectivity index (χ3n) is 4.43. The molecule has 0 aromatic heterocycles. The topological polar surface area (TPSA) is 64.6 Å². The first-order chi connectivity index (χ1) is 11.5. The van der Waals surface area contributed by atoms with Crippen LogP contribution < -0.4 is 15.5 Å². The molecule has 6 heteroatoms. The minimum Gasteiger partial charge on any atom is -0.396 e. The van der Waals surface area contributed by atoms with Gasteiger partial charge in [-0.05, 0) is 49.8 Å². The second-order valence-electron chi connectivity index (χ2n) is 6.71. The van der Waals surface area contributed by atoms with Crippen molar-refractivity contribution in [3.05, 3.63) is 29.6 Å². The van der Waals surface area contributed by atoms with Crippen LogP contribution in [0.25, 0.3) is 0 Å². The number of nitrogens with zero attached hydrogens (tertiary/aromatic N) is 1. The molecule has 1 aromatic carbocycles. The minimum atomic E-state index is -0.219. The van der Waals surface area contributed by atoms with Crippen LogP contribution in [0.1, 0.15) is 31.7 Å². The first-order valence-corrected chi connectivity index (χ1v) is 8.66. The lowest BCUT2D eigenvalue weighted by molar-refractivity contribution is 0.229. The van der Waals surface area contributed by atoms with Crippen molar-refractivity contribution < 1.29 is 14.3 Å². The molecule has 1 saturated heterocycles. The lowest BCUT2D eigenvalue weighted by Crippen LogP contribution is -2.51. The van der Waals surface area contributed by atoms with E-state index in [0.717, 1.165) is 24.9 Å². The summed E-state index contributed by atoms with van der Waals surface area (Å²) in [5.41, 5.74) is 1.63. The van der Waals surface area contributed by atoms with Crippen LogP contribution in [0.3, 0.4) is 0 Å². The lowest BCUT2D eigenvalue weighted by atomic mass is 10.0. The number of aryl methyl sites for hydroxylation is 1. The normalized spacial score (nSPS) is 19.0. The molecule has 2 atom stereocenters. The van der Waals surface area contributed by atoms with Crippen molar-refractivity contribution in [3.63, 3.8) is 0 Å². The summed E-state index contributed by atoms with van der Waals surface area (Å²) in [5, 5.41) is 14.7. The van der Waals surface area contributed by atoms with Gasteiger partial charge in [-0.15, -0.1) is 0 Å². The zero-order chi connectivity index (χ0) is 17.5. The number of anilines is 1. The molecule has 2 rings (SSSR count). The van der Waals surface area contributed by atoms with Crippen LogP contribution in [0, 0.1) is 18.7 Å². The molecular weight excluding hydrogens is 309 g/mol. The molecule has 3 N–H and O–H groups in total. The Morgan fingerprint density at radius 2 is 2.29 bits per heavy atom. The number of halogens is 1. The predicted octanol–water partition coefficient (Wildman–Crippen LogP) is 2.42. The average molecular weight is 337 g/mol. The SMILES string of the molecule is Cc1ccc(F)c(N2CCC[C@H](NC(=O)NC[C@H](C)CCO)C2)c1. The van der Waals surface area contributed by atoms with Gasteiger partial charge in [0.05, 0.1) is 5.69 Å². The van der Waals surface area contributed by atoms with E-state index in [-0.39, 0.29) is 30.4 Å². The highest BCUT2D eigenvalue weighted by molar-refractivity contribution is 5.74. The lowest BCUT2D eigenvalue weighted by Gasteiger charge is -2.35. The van der Waals surface area contributed by atoms with E-state index in [1.165, 1.54) is 6.07 Å². The zero-order valence-electron chi connectivity index (χ0n) is 14.5. The molecule has 0 spiro atoms. The first-order valence-electron chi connectivity index (χ1n) is 8.66. The van der Waals surface area contributed by atoms with E-state index >= 15 is 0 Å². The fourth-order valence-corrected chi connectivity index (χ4v) is 3.00. The quantitative estimate of drug-likeness (QED) is 0.747. The van der Waals surface area contributed by atoms with E-state index in [1.54, 1.807) is 6.07 Å². The van der Waals surface area contributed by atoms with Gasteiger partial charge in [-0.2, -0.15) is 0 Å². The van der Waals surface area contributed by atoms with Gasteiger partial charge in [0.25, 0.3) is 0 Å². The number of urea groups is 1. The van der Waals surface area contributed by atoms with Crippen LogP contribution in [0.2, 0.25) is 0 Å². The molecule has 5 nitrogen and oxygen atoms in total. The van der Waals surface area contributed by atoms with Gasteiger partial charge in [-0.3, -0.25) is 0 Å². The summed E-state index contributed by atoms with van der Waals surface area (Å²) in [6.07, 6.45) is 2.48. The van der Waals surface area contributed by atoms with Crippen LogP contribution in [-0.2, 0) is 0 Å². The second kappa shape index (κ2) is 8.87. The Morgan fingerprint density at radius 3 is 3.04 bits per heavy atom. The highest BCUT2D eigenvalue weighted by Crippen LogP contribution is 2.24. The van der Waals surface area contributed by atoms with Gasteiger partial charge in [0.1, 0.15) is 5.82 Å². The number of aliphatic hydroxyl groups is 1. The fraction of sp³-hybridized carbons (Fsp3) is 0.611. The number of rotatable bonds is 6. The number of aliphatic hydroxyl groups excluding tert-OH is 1. The van der Waals surface area contributed by atoms with Crippen molar-refractivity contribution in [1.82, 2.24) is 10.6 Å². The van der Waals surface area contributed by atoms with Gasteiger partial charge in [0, 0.05) is 32.3 Å². The van der Waals surface area contributed by atoms with E-state index in [0.29, 0.717) is 25.2 Å². The Balaban J connectivity index is 1.86. The van der Waals surface area contributed by atoms with E-state index in [4.69, 9.17) is 5.11 Å². The molecule has 1 aliphatic rings. The predicted molar refractivity (Wildman–Crippen MR) is 93.8 cm³/mol. The summed E-state index contributed by atoms with van der Waals surface area (Å²) in [6.45, 7) is 6.01. The third kappa shape index (κ3) is 5.37. The van der Waals surface area contributed by atoms with Gasteiger partial charge in [0.15, 0.2) is 0 Å². The molecule has 1 aliphatic heterocycles. The average Bonchev–Trinajstić information content (AvgIpc) is 2.56. The Labute approximate surface area is 143 Å². The molecule has 0 aliphatic carbocycles. The van der Waals surface area contributed by atoms with E-state index in [2.05, 4.69) is 10.6 Å². The number of hydrogen-bond donors (Lipinski definition) is 3. The monoisotopic (exact) mass is 337 g/mol. The maximum absolute atomic E-state index is 14.1. The van der Waals surface area contributed by atoms with Crippen molar-refractivity contribution in [2.45, 2.75) is 39.2 Å². The Kier molecular flexibility index (Phi) is 6.85. The van der Waals surface area contributed by atoms with Gasteiger partial charge in [0.2, 0.25) is 0 Å². The fourth-order valence-electron chi connectivity index (χ4n) is 3.00. The van der Waals surface area contributed by atoms with Crippen molar-refractivity contribution in [2.24, 2.45) is 5.92 Å². The van der Waals surface area contributed by atoms with Crippen LogP contribution in [0.4, 0.5) is 14.9 Å². The number of amides is 2. The molecule has 1 aromatic rings. The molecule has 0 bridgehead atoms. The van der Waals surface area contributed by atoms with Crippen molar-refractivity contribution in [3.8, 4) is 0 Å².